The number of nitrogens with one attached hydrogen (secondary N) is 1. The van der Waals surface area contributed by atoms with E-state index in [0.29, 0.717) is 17.1 Å². The minimum atomic E-state index is -0.338. The highest BCUT2D eigenvalue weighted by Gasteiger charge is 2.11. The van der Waals surface area contributed by atoms with E-state index in [0.717, 1.165) is 9.13 Å². The summed E-state index contributed by atoms with van der Waals surface area (Å²) in [5.41, 5.74) is 3.62. The summed E-state index contributed by atoms with van der Waals surface area (Å²) in [6.07, 6.45) is 9.79. The monoisotopic (exact) mass is 435 g/mol. The van der Waals surface area contributed by atoms with Crippen LogP contribution in [0.1, 0.15) is 15.9 Å². The number of pyridine rings is 1. The lowest BCUT2D eigenvalue weighted by Crippen LogP contribution is -2.17. The van der Waals surface area contributed by atoms with Gasteiger partial charge in [-0.15, -0.1) is 6.42 Å². The topological polar surface area (TPSA) is 72.8 Å². The van der Waals surface area contributed by atoms with Crippen molar-refractivity contribution in [2.45, 2.75) is 0 Å². The van der Waals surface area contributed by atoms with Gasteiger partial charge >= 0.3 is 0 Å². The number of amides is 1. The molecule has 24 heavy (non-hydrogen) atoms. The summed E-state index contributed by atoms with van der Waals surface area (Å²) in [6, 6.07) is 6.92. The number of rotatable bonds is 6. The molecule has 0 bridgehead atoms. The summed E-state index contributed by atoms with van der Waals surface area (Å²) >= 11 is 2.12. The van der Waals surface area contributed by atoms with Crippen LogP contribution >= 0.6 is 22.6 Å². The predicted molar refractivity (Wildman–Crippen MR) is 99.3 cm³/mol. The SMILES string of the molecule is C#CCOc1c(I)cc(C=NNC(=O)c2cccnc2)cc1OC. The lowest BCUT2D eigenvalue weighted by atomic mass is 10.2. The van der Waals surface area contributed by atoms with E-state index in [2.05, 4.69) is 44.0 Å². The number of benzene rings is 1. The van der Waals surface area contributed by atoms with Gasteiger partial charge in [-0.05, 0) is 52.4 Å². The smallest absolute Gasteiger partial charge is 0.272 e. The summed E-state index contributed by atoms with van der Waals surface area (Å²) in [4.78, 5) is 15.7. The van der Waals surface area contributed by atoms with Crippen LogP contribution in [0.4, 0.5) is 0 Å². The van der Waals surface area contributed by atoms with Crippen LogP contribution in [0.5, 0.6) is 11.5 Å². The maximum atomic E-state index is 11.9. The number of aromatic nitrogens is 1. The molecule has 0 spiro atoms. The molecular weight excluding hydrogens is 421 g/mol. The van der Waals surface area contributed by atoms with Crippen LogP contribution in [0.2, 0.25) is 0 Å². The lowest BCUT2D eigenvalue weighted by Gasteiger charge is -2.11. The van der Waals surface area contributed by atoms with Crippen molar-refractivity contribution in [3.63, 3.8) is 0 Å². The molecule has 0 radical (unpaired) electrons. The molecule has 0 fully saturated rings. The number of hydrazone groups is 1. The van der Waals surface area contributed by atoms with Crippen molar-refractivity contribution in [3.05, 3.63) is 51.4 Å². The second kappa shape index (κ2) is 8.88. The zero-order chi connectivity index (χ0) is 17.4. The number of terminal acetylenes is 1. The summed E-state index contributed by atoms with van der Waals surface area (Å²) in [7, 11) is 1.54. The summed E-state index contributed by atoms with van der Waals surface area (Å²) in [5.74, 6) is 3.19. The molecule has 0 unspecified atom stereocenters. The Morgan fingerprint density at radius 2 is 2.38 bits per heavy atom. The van der Waals surface area contributed by atoms with Gasteiger partial charge in [-0.1, -0.05) is 5.92 Å². The van der Waals surface area contributed by atoms with Gasteiger partial charge in [0.05, 0.1) is 22.5 Å². The van der Waals surface area contributed by atoms with Crippen LogP contribution in [0, 0.1) is 15.9 Å². The van der Waals surface area contributed by atoms with Gasteiger partial charge in [-0.25, -0.2) is 5.43 Å². The Kier molecular flexibility index (Phi) is 6.57. The molecule has 7 heteroatoms. The Hall–Kier alpha value is -2.60. The van der Waals surface area contributed by atoms with Crippen molar-refractivity contribution >= 4 is 34.7 Å². The van der Waals surface area contributed by atoms with Gasteiger partial charge in [-0.2, -0.15) is 5.10 Å². The second-order valence-electron chi connectivity index (χ2n) is 4.47. The molecular formula is C17H14IN3O3. The van der Waals surface area contributed by atoms with E-state index in [-0.39, 0.29) is 12.5 Å². The number of methoxy groups -OCH3 is 1. The van der Waals surface area contributed by atoms with Gasteiger partial charge in [-0.3, -0.25) is 9.78 Å². The maximum Gasteiger partial charge on any atom is 0.272 e. The third kappa shape index (κ3) is 4.70. The van der Waals surface area contributed by atoms with Gasteiger partial charge in [0.25, 0.3) is 5.91 Å². The van der Waals surface area contributed by atoms with Crippen molar-refractivity contribution in [2.75, 3.05) is 13.7 Å². The van der Waals surface area contributed by atoms with E-state index in [4.69, 9.17) is 15.9 Å². The van der Waals surface area contributed by atoms with Crippen molar-refractivity contribution in [1.82, 2.24) is 10.4 Å². The molecule has 0 saturated heterocycles. The van der Waals surface area contributed by atoms with Crippen LogP contribution in [0.3, 0.4) is 0 Å². The molecule has 1 aromatic heterocycles. The first kappa shape index (κ1) is 17.7. The highest BCUT2D eigenvalue weighted by atomic mass is 127. The van der Waals surface area contributed by atoms with Crippen molar-refractivity contribution < 1.29 is 14.3 Å². The van der Waals surface area contributed by atoms with Crippen molar-refractivity contribution in [2.24, 2.45) is 5.10 Å². The second-order valence-corrected chi connectivity index (χ2v) is 5.63. The minimum Gasteiger partial charge on any atom is -0.493 e. The zero-order valence-corrected chi connectivity index (χ0v) is 15.0. The van der Waals surface area contributed by atoms with Crippen LogP contribution < -0.4 is 14.9 Å². The average Bonchev–Trinajstić information content (AvgIpc) is 2.61. The molecule has 0 aliphatic carbocycles. The molecule has 0 aliphatic rings. The van der Waals surface area contributed by atoms with Gasteiger partial charge in [0.1, 0.15) is 6.61 Å². The number of ether oxygens (including phenoxy) is 2. The number of halogens is 1. The minimum absolute atomic E-state index is 0.154. The van der Waals surface area contributed by atoms with Gasteiger partial charge in [0, 0.05) is 12.4 Å². The van der Waals surface area contributed by atoms with E-state index in [1.807, 2.05) is 6.07 Å². The highest BCUT2D eigenvalue weighted by Crippen LogP contribution is 2.33. The molecule has 0 saturated carbocycles. The number of hydrogen-bond acceptors (Lipinski definition) is 5. The number of carbonyl (C=O) groups excluding carboxylic acids is 1. The fraction of sp³-hybridized carbons (Fsp3) is 0.118. The fourth-order valence-electron chi connectivity index (χ4n) is 1.80. The van der Waals surface area contributed by atoms with Crippen LogP contribution in [-0.2, 0) is 0 Å². The molecule has 1 N–H and O–H groups in total. The van der Waals surface area contributed by atoms with Crippen molar-refractivity contribution in [3.8, 4) is 23.8 Å². The Balaban J connectivity index is 2.11. The third-order valence-corrected chi connectivity index (χ3v) is 3.66. The molecule has 122 valence electrons. The van der Waals surface area contributed by atoms with E-state index < -0.39 is 0 Å². The van der Waals surface area contributed by atoms with Crippen LogP contribution in [-0.4, -0.2) is 30.8 Å². The maximum absolute atomic E-state index is 11.9. The third-order valence-electron chi connectivity index (χ3n) is 2.86. The van der Waals surface area contributed by atoms with E-state index >= 15 is 0 Å². The lowest BCUT2D eigenvalue weighted by molar-refractivity contribution is 0.0955. The van der Waals surface area contributed by atoms with E-state index in [9.17, 15) is 4.79 Å². The first-order valence-electron chi connectivity index (χ1n) is 6.83. The molecule has 0 aliphatic heterocycles. The van der Waals surface area contributed by atoms with Gasteiger partial charge in [0.15, 0.2) is 11.5 Å². The normalized spacial score (nSPS) is 10.2. The molecule has 1 heterocycles. The Labute approximate surface area is 153 Å². The molecule has 1 aromatic carbocycles. The zero-order valence-electron chi connectivity index (χ0n) is 12.8. The average molecular weight is 435 g/mol. The largest absolute Gasteiger partial charge is 0.493 e. The Bertz CT molecular complexity index is 786. The van der Waals surface area contributed by atoms with Gasteiger partial charge in [0.2, 0.25) is 0 Å². The number of carbonyl (C=O) groups is 1. The summed E-state index contributed by atoms with van der Waals surface area (Å²) < 4.78 is 11.6. The molecule has 0 atom stereocenters. The van der Waals surface area contributed by atoms with Gasteiger partial charge < -0.3 is 9.47 Å². The number of hydrogen-bond donors (Lipinski definition) is 1. The van der Waals surface area contributed by atoms with E-state index in [1.165, 1.54) is 12.4 Å². The molecule has 2 aromatic rings. The first-order valence-corrected chi connectivity index (χ1v) is 7.90. The fourth-order valence-corrected chi connectivity index (χ4v) is 2.58. The first-order chi connectivity index (χ1) is 11.7. The van der Waals surface area contributed by atoms with Crippen LogP contribution in [0.15, 0.2) is 41.8 Å². The Morgan fingerprint density at radius 1 is 1.54 bits per heavy atom. The summed E-state index contributed by atoms with van der Waals surface area (Å²) in [6.45, 7) is 0.154. The molecule has 2 rings (SSSR count). The Morgan fingerprint density at radius 3 is 3.04 bits per heavy atom. The highest BCUT2D eigenvalue weighted by molar-refractivity contribution is 14.1. The van der Waals surface area contributed by atoms with Crippen LogP contribution in [0.25, 0.3) is 0 Å². The number of nitrogens with zero attached hydrogens (tertiary/aromatic N) is 2. The molecule has 6 nitrogen and oxygen atoms in total. The van der Waals surface area contributed by atoms with E-state index in [1.54, 1.807) is 31.5 Å². The standard InChI is InChI=1S/C17H14IN3O3/c1-3-7-24-16-14(18)8-12(9-15(16)23-2)10-20-21-17(22)13-5-4-6-19-11-13/h1,4-6,8-11H,7H2,2H3,(H,21,22). The quantitative estimate of drug-likeness (QED) is 0.328. The predicted octanol–water partition coefficient (Wildman–Crippen LogP) is 2.47. The summed E-state index contributed by atoms with van der Waals surface area (Å²) in [5, 5.41) is 3.94. The molecule has 1 amide bonds. The van der Waals surface area contributed by atoms with Crippen molar-refractivity contribution in [1.29, 1.82) is 0 Å².